The Morgan fingerprint density at radius 3 is 2.67 bits per heavy atom. The Kier molecular flexibility index (Phi) is 5.43. The molecule has 1 aromatic heterocycles. The zero-order chi connectivity index (χ0) is 15.4. The lowest BCUT2D eigenvalue weighted by Crippen LogP contribution is -2.36. The number of rotatable bonds is 5. The predicted molar refractivity (Wildman–Crippen MR) is 90.1 cm³/mol. The molecule has 1 N–H and O–H groups in total. The van der Waals surface area contributed by atoms with Crippen molar-refractivity contribution in [3.63, 3.8) is 0 Å². The lowest BCUT2D eigenvalue weighted by atomic mass is 9.86. The summed E-state index contributed by atoms with van der Waals surface area (Å²) in [6.45, 7) is 9.62. The summed E-state index contributed by atoms with van der Waals surface area (Å²) in [6, 6.07) is 0.612. The van der Waals surface area contributed by atoms with Crippen LogP contribution in [0.25, 0.3) is 0 Å². The van der Waals surface area contributed by atoms with E-state index in [-0.39, 0.29) is 0 Å². The third-order valence-corrected chi connectivity index (χ3v) is 4.56. The average Bonchev–Trinajstić information content (AvgIpc) is 2.47. The minimum absolute atomic E-state index is 0.612. The highest BCUT2D eigenvalue weighted by Gasteiger charge is 2.25. The van der Waals surface area contributed by atoms with Gasteiger partial charge in [-0.05, 0) is 39.0 Å². The van der Waals surface area contributed by atoms with Crippen molar-refractivity contribution in [1.82, 2.24) is 9.97 Å². The highest BCUT2D eigenvalue weighted by atomic mass is 15.2. The van der Waals surface area contributed by atoms with E-state index >= 15 is 0 Å². The molecule has 1 aromatic rings. The summed E-state index contributed by atoms with van der Waals surface area (Å²) in [5.41, 5.74) is 1.18. The first-order valence-electron chi connectivity index (χ1n) is 8.34. The minimum atomic E-state index is 0.612. The molecule has 0 amide bonds. The molecule has 0 spiro atoms. The molecule has 21 heavy (non-hydrogen) atoms. The summed E-state index contributed by atoms with van der Waals surface area (Å²) in [4.78, 5) is 11.7. The van der Waals surface area contributed by atoms with Gasteiger partial charge in [-0.25, -0.2) is 9.97 Å². The normalized spacial score (nSPS) is 22.1. The molecule has 1 heterocycles. The SMILES string of the molecule is CCCNc1nc(C)nc(N(C)C2CCCC(C)C2)c1C. The molecule has 1 saturated carbocycles. The molecule has 2 atom stereocenters. The Morgan fingerprint density at radius 1 is 1.24 bits per heavy atom. The summed E-state index contributed by atoms with van der Waals surface area (Å²) < 4.78 is 0. The van der Waals surface area contributed by atoms with Gasteiger partial charge in [-0.3, -0.25) is 0 Å². The summed E-state index contributed by atoms with van der Waals surface area (Å²) in [5, 5.41) is 3.43. The Balaban J connectivity index is 2.23. The monoisotopic (exact) mass is 290 g/mol. The van der Waals surface area contributed by atoms with Gasteiger partial charge >= 0.3 is 0 Å². The van der Waals surface area contributed by atoms with Crippen LogP contribution < -0.4 is 10.2 Å². The maximum atomic E-state index is 4.72. The highest BCUT2D eigenvalue weighted by molar-refractivity contribution is 5.58. The van der Waals surface area contributed by atoms with Crippen LogP contribution in [0.3, 0.4) is 0 Å². The number of nitrogens with one attached hydrogen (secondary N) is 1. The van der Waals surface area contributed by atoms with Gasteiger partial charge in [0.25, 0.3) is 0 Å². The third kappa shape index (κ3) is 3.86. The van der Waals surface area contributed by atoms with Gasteiger partial charge in [-0.1, -0.05) is 26.7 Å². The zero-order valence-electron chi connectivity index (χ0n) is 14.2. The van der Waals surface area contributed by atoms with Crippen molar-refractivity contribution in [1.29, 1.82) is 0 Å². The van der Waals surface area contributed by atoms with Crippen molar-refractivity contribution in [2.45, 2.75) is 65.8 Å². The van der Waals surface area contributed by atoms with Crippen LogP contribution in [0, 0.1) is 19.8 Å². The molecular formula is C17H30N4. The molecule has 4 nitrogen and oxygen atoms in total. The topological polar surface area (TPSA) is 41.1 Å². The first-order valence-corrected chi connectivity index (χ1v) is 8.34. The first-order chi connectivity index (χ1) is 10.0. The van der Waals surface area contributed by atoms with E-state index in [9.17, 15) is 0 Å². The second-order valence-corrected chi connectivity index (χ2v) is 6.53. The number of aromatic nitrogens is 2. The van der Waals surface area contributed by atoms with E-state index in [1.165, 1.54) is 31.2 Å². The molecular weight excluding hydrogens is 260 g/mol. The van der Waals surface area contributed by atoms with E-state index in [1.807, 2.05) is 6.92 Å². The first kappa shape index (κ1) is 16.1. The standard InChI is InChI=1S/C17H30N4/c1-6-10-18-16-13(3)17(20-14(4)19-16)21(5)15-9-7-8-12(2)11-15/h12,15H,6-11H2,1-5H3,(H,18,19,20). The fourth-order valence-corrected chi connectivity index (χ4v) is 3.30. The van der Waals surface area contributed by atoms with Crippen molar-refractivity contribution in [2.24, 2.45) is 5.92 Å². The third-order valence-electron chi connectivity index (χ3n) is 4.56. The van der Waals surface area contributed by atoms with E-state index in [4.69, 9.17) is 4.98 Å². The van der Waals surface area contributed by atoms with Gasteiger partial charge in [-0.2, -0.15) is 0 Å². The Morgan fingerprint density at radius 2 is 2.00 bits per heavy atom. The second kappa shape index (κ2) is 7.10. The molecule has 0 radical (unpaired) electrons. The predicted octanol–water partition coefficient (Wildman–Crippen LogP) is 3.93. The van der Waals surface area contributed by atoms with E-state index in [0.717, 1.165) is 36.3 Å². The summed E-state index contributed by atoms with van der Waals surface area (Å²) in [6.07, 6.45) is 6.36. The number of nitrogens with zero attached hydrogens (tertiary/aromatic N) is 3. The van der Waals surface area contributed by atoms with Gasteiger partial charge < -0.3 is 10.2 Å². The van der Waals surface area contributed by atoms with Crippen LogP contribution in [0.15, 0.2) is 0 Å². The van der Waals surface area contributed by atoms with Crippen LogP contribution in [0.5, 0.6) is 0 Å². The minimum Gasteiger partial charge on any atom is -0.370 e. The maximum absolute atomic E-state index is 4.72. The van der Waals surface area contributed by atoms with Gasteiger partial charge in [0.1, 0.15) is 17.5 Å². The van der Waals surface area contributed by atoms with Crippen LogP contribution in [0.1, 0.15) is 57.3 Å². The molecule has 1 aliphatic rings. The smallest absolute Gasteiger partial charge is 0.137 e. The Labute approximate surface area is 129 Å². The number of anilines is 2. The molecule has 0 bridgehead atoms. The molecule has 0 aliphatic heterocycles. The quantitative estimate of drug-likeness (QED) is 0.892. The number of aryl methyl sites for hydroxylation is 1. The summed E-state index contributed by atoms with van der Waals surface area (Å²) in [5.74, 6) is 3.77. The van der Waals surface area contributed by atoms with Crippen LogP contribution in [-0.2, 0) is 0 Å². The Hall–Kier alpha value is -1.32. The Bertz CT molecular complexity index is 472. The molecule has 0 aromatic carbocycles. The lowest BCUT2D eigenvalue weighted by Gasteiger charge is -2.35. The van der Waals surface area contributed by atoms with Crippen molar-refractivity contribution >= 4 is 11.6 Å². The fourth-order valence-electron chi connectivity index (χ4n) is 3.30. The van der Waals surface area contributed by atoms with Gasteiger partial charge in [0.2, 0.25) is 0 Å². The van der Waals surface area contributed by atoms with Crippen LogP contribution in [-0.4, -0.2) is 29.6 Å². The van der Waals surface area contributed by atoms with Gasteiger partial charge in [-0.15, -0.1) is 0 Å². The molecule has 1 aliphatic carbocycles. The van der Waals surface area contributed by atoms with Crippen molar-refractivity contribution in [2.75, 3.05) is 23.8 Å². The lowest BCUT2D eigenvalue weighted by molar-refractivity contribution is 0.335. The van der Waals surface area contributed by atoms with Crippen molar-refractivity contribution < 1.29 is 0 Å². The highest BCUT2D eigenvalue weighted by Crippen LogP contribution is 2.31. The summed E-state index contributed by atoms with van der Waals surface area (Å²) in [7, 11) is 2.20. The van der Waals surface area contributed by atoms with Gasteiger partial charge in [0.05, 0.1) is 0 Å². The average molecular weight is 290 g/mol. The molecule has 4 heteroatoms. The fraction of sp³-hybridized carbons (Fsp3) is 0.765. The van der Waals surface area contributed by atoms with Crippen molar-refractivity contribution in [3.8, 4) is 0 Å². The van der Waals surface area contributed by atoms with Crippen LogP contribution >= 0.6 is 0 Å². The number of hydrogen-bond donors (Lipinski definition) is 1. The van der Waals surface area contributed by atoms with Gasteiger partial charge in [0.15, 0.2) is 0 Å². The van der Waals surface area contributed by atoms with E-state index < -0.39 is 0 Å². The molecule has 118 valence electrons. The van der Waals surface area contributed by atoms with Crippen molar-refractivity contribution in [3.05, 3.63) is 11.4 Å². The van der Waals surface area contributed by atoms with Gasteiger partial charge in [0, 0.05) is 25.2 Å². The largest absolute Gasteiger partial charge is 0.370 e. The molecule has 2 rings (SSSR count). The molecule has 1 fully saturated rings. The molecule has 0 saturated heterocycles. The van der Waals surface area contributed by atoms with E-state index in [0.29, 0.717) is 6.04 Å². The van der Waals surface area contributed by atoms with Crippen LogP contribution in [0.4, 0.5) is 11.6 Å². The second-order valence-electron chi connectivity index (χ2n) is 6.53. The number of hydrogen-bond acceptors (Lipinski definition) is 4. The van der Waals surface area contributed by atoms with Crippen LogP contribution in [0.2, 0.25) is 0 Å². The van der Waals surface area contributed by atoms with E-state index in [1.54, 1.807) is 0 Å². The van der Waals surface area contributed by atoms with E-state index in [2.05, 4.69) is 43.0 Å². The maximum Gasteiger partial charge on any atom is 0.137 e. The molecule has 2 unspecified atom stereocenters. The summed E-state index contributed by atoms with van der Waals surface area (Å²) >= 11 is 0. The zero-order valence-corrected chi connectivity index (χ0v) is 14.2.